The molecule has 2 heterocycles. The zero-order valence-corrected chi connectivity index (χ0v) is 8.26. The van der Waals surface area contributed by atoms with Gasteiger partial charge in [-0.15, -0.1) is 0 Å². The van der Waals surface area contributed by atoms with Gasteiger partial charge in [-0.25, -0.2) is 0 Å². The van der Waals surface area contributed by atoms with Gasteiger partial charge in [0, 0.05) is 25.0 Å². The molecule has 2 aliphatic heterocycles. The zero-order chi connectivity index (χ0) is 9.97. The van der Waals surface area contributed by atoms with E-state index in [9.17, 15) is 10.2 Å². The fraction of sp³-hybridized carbons (Fsp3) is 1.00. The highest BCUT2D eigenvalue weighted by molar-refractivity contribution is 4.85. The lowest BCUT2D eigenvalue weighted by atomic mass is 9.84. The highest BCUT2D eigenvalue weighted by Crippen LogP contribution is 2.29. The van der Waals surface area contributed by atoms with Gasteiger partial charge in [0.1, 0.15) is 0 Å². The number of ether oxygens (including phenoxy) is 2. The van der Waals surface area contributed by atoms with Crippen molar-refractivity contribution in [3.63, 3.8) is 0 Å². The van der Waals surface area contributed by atoms with Crippen molar-refractivity contribution in [2.24, 2.45) is 11.8 Å². The molecule has 2 saturated heterocycles. The Morgan fingerprint density at radius 2 is 1.21 bits per heavy atom. The molecule has 14 heavy (non-hydrogen) atoms. The SMILES string of the molecule is OC1CCOCC2C(O)CCOCC12. The minimum absolute atomic E-state index is 0.0370. The van der Waals surface area contributed by atoms with Crippen LogP contribution in [0, 0.1) is 11.8 Å². The monoisotopic (exact) mass is 202 g/mol. The quantitative estimate of drug-likeness (QED) is 0.570. The lowest BCUT2D eigenvalue weighted by molar-refractivity contribution is -0.00815. The molecule has 82 valence electrons. The summed E-state index contributed by atoms with van der Waals surface area (Å²) in [5.41, 5.74) is 0. The highest BCUT2D eigenvalue weighted by atomic mass is 16.5. The van der Waals surface area contributed by atoms with E-state index in [1.165, 1.54) is 0 Å². The summed E-state index contributed by atoms with van der Waals surface area (Å²) in [6.45, 7) is 2.26. The van der Waals surface area contributed by atoms with Gasteiger partial charge in [-0.2, -0.15) is 0 Å². The van der Waals surface area contributed by atoms with Crippen LogP contribution in [-0.2, 0) is 9.47 Å². The lowest BCUT2D eigenvalue weighted by Gasteiger charge is -2.27. The van der Waals surface area contributed by atoms with Crippen LogP contribution < -0.4 is 0 Å². The summed E-state index contributed by atoms with van der Waals surface area (Å²) in [7, 11) is 0. The van der Waals surface area contributed by atoms with Crippen molar-refractivity contribution >= 4 is 0 Å². The standard InChI is InChI=1S/C10H18O4/c11-9-1-3-13-6-8-7(9)5-14-4-2-10(8)12/h7-12H,1-6H2. The van der Waals surface area contributed by atoms with Crippen molar-refractivity contribution in [2.45, 2.75) is 25.0 Å². The van der Waals surface area contributed by atoms with Crippen LogP contribution >= 0.6 is 0 Å². The fourth-order valence-corrected chi connectivity index (χ4v) is 2.32. The van der Waals surface area contributed by atoms with Gasteiger partial charge in [-0.05, 0) is 12.8 Å². The van der Waals surface area contributed by atoms with Gasteiger partial charge in [-0.3, -0.25) is 0 Å². The van der Waals surface area contributed by atoms with Crippen molar-refractivity contribution in [2.75, 3.05) is 26.4 Å². The molecule has 2 N–H and O–H groups in total. The van der Waals surface area contributed by atoms with Crippen LogP contribution in [0.3, 0.4) is 0 Å². The molecule has 4 atom stereocenters. The highest BCUT2D eigenvalue weighted by Gasteiger charge is 2.37. The topological polar surface area (TPSA) is 58.9 Å². The van der Waals surface area contributed by atoms with E-state index < -0.39 is 12.2 Å². The summed E-state index contributed by atoms with van der Waals surface area (Å²) < 4.78 is 10.8. The molecule has 0 aliphatic carbocycles. The minimum Gasteiger partial charge on any atom is -0.393 e. The minimum atomic E-state index is -0.393. The van der Waals surface area contributed by atoms with Crippen LogP contribution in [-0.4, -0.2) is 48.8 Å². The molecule has 0 amide bonds. The Bertz CT molecular complexity index is 165. The van der Waals surface area contributed by atoms with E-state index in [4.69, 9.17) is 9.47 Å². The molecule has 4 heteroatoms. The number of aliphatic hydroxyl groups excluding tert-OH is 2. The van der Waals surface area contributed by atoms with E-state index in [0.717, 1.165) is 0 Å². The first kappa shape index (κ1) is 10.4. The lowest BCUT2D eigenvalue weighted by Crippen LogP contribution is -2.36. The summed E-state index contributed by atoms with van der Waals surface area (Å²) in [5, 5.41) is 19.7. The molecule has 2 fully saturated rings. The third-order valence-corrected chi connectivity index (χ3v) is 3.27. The van der Waals surface area contributed by atoms with Crippen LogP contribution in [0.15, 0.2) is 0 Å². The number of aliphatic hydroxyl groups is 2. The van der Waals surface area contributed by atoms with E-state index in [1.807, 2.05) is 0 Å². The average Bonchev–Trinajstić information content (AvgIpc) is 2.45. The molecule has 0 aromatic carbocycles. The molecule has 4 nitrogen and oxygen atoms in total. The van der Waals surface area contributed by atoms with Crippen LogP contribution in [0.1, 0.15) is 12.8 Å². The third-order valence-electron chi connectivity index (χ3n) is 3.27. The Balaban J connectivity index is 2.10. The summed E-state index contributed by atoms with van der Waals surface area (Å²) in [4.78, 5) is 0. The van der Waals surface area contributed by atoms with Gasteiger partial charge in [0.15, 0.2) is 0 Å². The van der Waals surface area contributed by atoms with Gasteiger partial charge in [-0.1, -0.05) is 0 Å². The molecule has 0 radical (unpaired) electrons. The zero-order valence-electron chi connectivity index (χ0n) is 8.26. The van der Waals surface area contributed by atoms with E-state index >= 15 is 0 Å². The Morgan fingerprint density at radius 1 is 0.786 bits per heavy atom. The second kappa shape index (κ2) is 4.57. The summed E-state index contributed by atoms with van der Waals surface area (Å²) in [5.74, 6) is 0.0741. The normalized spacial score (nSPS) is 45.0. The molecular weight excluding hydrogens is 184 g/mol. The van der Waals surface area contributed by atoms with E-state index in [-0.39, 0.29) is 11.8 Å². The van der Waals surface area contributed by atoms with Crippen molar-refractivity contribution in [1.29, 1.82) is 0 Å². The van der Waals surface area contributed by atoms with Gasteiger partial charge >= 0.3 is 0 Å². The summed E-state index contributed by atoms with van der Waals surface area (Å²) >= 11 is 0. The van der Waals surface area contributed by atoms with Crippen LogP contribution in [0.2, 0.25) is 0 Å². The maximum absolute atomic E-state index is 9.86. The second-order valence-corrected chi connectivity index (χ2v) is 4.19. The summed E-state index contributed by atoms with van der Waals surface area (Å²) in [6.07, 6.45) is 0.514. The van der Waals surface area contributed by atoms with Gasteiger partial charge < -0.3 is 19.7 Å². The van der Waals surface area contributed by atoms with Gasteiger partial charge in [0.05, 0.1) is 25.4 Å². The molecule has 2 aliphatic rings. The molecule has 0 aromatic rings. The predicted octanol–water partition coefficient (Wildman–Crippen LogP) is -0.219. The molecule has 0 saturated carbocycles. The Kier molecular flexibility index (Phi) is 3.38. The first-order valence-electron chi connectivity index (χ1n) is 5.30. The Labute approximate surface area is 83.8 Å². The van der Waals surface area contributed by atoms with Gasteiger partial charge in [0.2, 0.25) is 0 Å². The maximum Gasteiger partial charge on any atom is 0.0616 e. The van der Waals surface area contributed by atoms with Crippen molar-refractivity contribution in [3.8, 4) is 0 Å². The molecule has 0 bridgehead atoms. The van der Waals surface area contributed by atoms with E-state index in [0.29, 0.717) is 39.3 Å². The number of fused-ring (bicyclic) bond motifs is 1. The molecular formula is C10H18O4. The van der Waals surface area contributed by atoms with Crippen LogP contribution in [0.5, 0.6) is 0 Å². The third kappa shape index (κ3) is 2.08. The first-order chi connectivity index (χ1) is 6.79. The molecule has 4 unspecified atom stereocenters. The number of rotatable bonds is 0. The Morgan fingerprint density at radius 3 is 1.64 bits per heavy atom. The largest absolute Gasteiger partial charge is 0.393 e. The predicted molar refractivity (Wildman–Crippen MR) is 49.9 cm³/mol. The van der Waals surface area contributed by atoms with Gasteiger partial charge in [0.25, 0.3) is 0 Å². The first-order valence-corrected chi connectivity index (χ1v) is 5.30. The second-order valence-electron chi connectivity index (χ2n) is 4.19. The van der Waals surface area contributed by atoms with Crippen molar-refractivity contribution < 1.29 is 19.7 Å². The molecule has 2 rings (SSSR count). The smallest absolute Gasteiger partial charge is 0.0616 e. The van der Waals surface area contributed by atoms with Crippen molar-refractivity contribution in [3.05, 3.63) is 0 Å². The van der Waals surface area contributed by atoms with E-state index in [2.05, 4.69) is 0 Å². The fourth-order valence-electron chi connectivity index (χ4n) is 2.32. The molecule has 0 spiro atoms. The summed E-state index contributed by atoms with van der Waals surface area (Å²) in [6, 6.07) is 0. The maximum atomic E-state index is 9.86. The Hall–Kier alpha value is -0.160. The average molecular weight is 202 g/mol. The van der Waals surface area contributed by atoms with E-state index in [1.54, 1.807) is 0 Å². The van der Waals surface area contributed by atoms with Crippen molar-refractivity contribution in [1.82, 2.24) is 0 Å². The number of hydrogen-bond donors (Lipinski definition) is 2. The van der Waals surface area contributed by atoms with Crippen LogP contribution in [0.4, 0.5) is 0 Å². The van der Waals surface area contributed by atoms with Crippen LogP contribution in [0.25, 0.3) is 0 Å². The number of hydrogen-bond acceptors (Lipinski definition) is 4. The molecule has 0 aromatic heterocycles.